The summed E-state index contributed by atoms with van der Waals surface area (Å²) in [6, 6.07) is 20.6. The predicted molar refractivity (Wildman–Crippen MR) is 134 cm³/mol. The van der Waals surface area contributed by atoms with Crippen molar-refractivity contribution in [2.24, 2.45) is 0 Å². The summed E-state index contributed by atoms with van der Waals surface area (Å²) in [5.41, 5.74) is 0.760. The minimum atomic E-state index is -4.43. The number of hydrogen-bond donors (Lipinski definition) is 2. The molecular weight excluding hydrogens is 524 g/mol. The first-order chi connectivity index (χ1) is 18.0. The minimum Gasteiger partial charge on any atom is -0.338 e. The standard InChI is InChI=1S/C20H12F4N4.C6H6O3S/c21-17-18(13-4-3-12-2-1-9-25-16(12)10-13)26-11-27-19(17)28-15-7-5-14(6-8-15)20(22,23)24;7-10(8,9)6-4-2-1-3-5-6/h1-11H,(H,26,27,28);1-5H,(H,7,8,9). The van der Waals surface area contributed by atoms with E-state index >= 15 is 0 Å². The number of nitrogens with zero attached hydrogens (tertiary/aromatic N) is 3. The van der Waals surface area contributed by atoms with Crippen LogP contribution in [-0.2, 0) is 16.3 Å². The fourth-order valence-corrected chi connectivity index (χ4v) is 3.84. The SMILES string of the molecule is Fc1c(Nc2ccc(C(F)(F)F)cc2)ncnc1-c1ccc2cccnc2c1.O=S(=O)(O)c1ccccc1. The third-order valence-corrected chi connectivity index (χ3v) is 6.05. The van der Waals surface area contributed by atoms with Gasteiger partial charge in [-0.3, -0.25) is 9.54 Å². The van der Waals surface area contributed by atoms with Gasteiger partial charge in [0, 0.05) is 22.8 Å². The van der Waals surface area contributed by atoms with Gasteiger partial charge in [-0.05, 0) is 48.5 Å². The van der Waals surface area contributed by atoms with Gasteiger partial charge in [-0.2, -0.15) is 21.6 Å². The first-order valence-electron chi connectivity index (χ1n) is 10.8. The Bertz CT molecular complexity index is 1660. The highest BCUT2D eigenvalue weighted by atomic mass is 32.2. The minimum absolute atomic E-state index is 0.0666. The lowest BCUT2D eigenvalue weighted by molar-refractivity contribution is -0.137. The molecule has 0 aliphatic heterocycles. The van der Waals surface area contributed by atoms with E-state index in [-0.39, 0.29) is 22.1 Å². The van der Waals surface area contributed by atoms with Crippen molar-refractivity contribution < 1.29 is 30.5 Å². The van der Waals surface area contributed by atoms with Gasteiger partial charge in [0.15, 0.2) is 11.6 Å². The van der Waals surface area contributed by atoms with Crippen LogP contribution in [0.3, 0.4) is 0 Å². The number of nitrogens with one attached hydrogen (secondary N) is 1. The number of pyridine rings is 1. The van der Waals surface area contributed by atoms with E-state index in [9.17, 15) is 26.0 Å². The maximum absolute atomic E-state index is 14.9. The average molecular weight is 543 g/mol. The zero-order valence-electron chi connectivity index (χ0n) is 19.3. The van der Waals surface area contributed by atoms with E-state index < -0.39 is 27.7 Å². The third-order valence-electron chi connectivity index (χ3n) is 5.18. The molecule has 12 heteroatoms. The fourth-order valence-electron chi connectivity index (χ4n) is 3.34. The molecule has 0 atom stereocenters. The van der Waals surface area contributed by atoms with Gasteiger partial charge in [0.25, 0.3) is 10.1 Å². The number of halogens is 4. The van der Waals surface area contributed by atoms with E-state index in [1.54, 1.807) is 42.6 Å². The van der Waals surface area contributed by atoms with E-state index in [0.29, 0.717) is 11.1 Å². The van der Waals surface area contributed by atoms with E-state index in [2.05, 4.69) is 20.3 Å². The van der Waals surface area contributed by atoms with Crippen LogP contribution in [0.5, 0.6) is 0 Å². The lowest BCUT2D eigenvalue weighted by atomic mass is 10.1. The molecule has 194 valence electrons. The van der Waals surface area contributed by atoms with Crippen molar-refractivity contribution in [3.05, 3.63) is 109 Å². The van der Waals surface area contributed by atoms with Gasteiger partial charge in [0.1, 0.15) is 12.0 Å². The molecule has 0 bridgehead atoms. The summed E-state index contributed by atoms with van der Waals surface area (Å²) in [5.74, 6) is -0.844. The summed E-state index contributed by atoms with van der Waals surface area (Å²) < 4.78 is 82.1. The molecule has 0 radical (unpaired) electrons. The van der Waals surface area contributed by atoms with Crippen molar-refractivity contribution >= 4 is 32.5 Å². The van der Waals surface area contributed by atoms with Crippen molar-refractivity contribution in [1.82, 2.24) is 15.0 Å². The van der Waals surface area contributed by atoms with Crippen LogP contribution < -0.4 is 5.32 Å². The molecule has 2 heterocycles. The molecule has 5 aromatic rings. The summed E-state index contributed by atoms with van der Waals surface area (Å²) in [7, 11) is -4.00. The van der Waals surface area contributed by atoms with Gasteiger partial charge >= 0.3 is 6.18 Å². The number of anilines is 2. The zero-order chi connectivity index (χ0) is 27.3. The third kappa shape index (κ3) is 6.47. The van der Waals surface area contributed by atoms with Crippen LogP contribution in [0.25, 0.3) is 22.2 Å². The second-order valence-corrected chi connectivity index (χ2v) is 9.21. The topological polar surface area (TPSA) is 105 Å². The Kier molecular flexibility index (Phi) is 7.65. The van der Waals surface area contributed by atoms with Crippen molar-refractivity contribution in [2.45, 2.75) is 11.1 Å². The molecule has 0 spiro atoms. The second kappa shape index (κ2) is 10.9. The van der Waals surface area contributed by atoms with E-state index in [0.717, 1.165) is 17.5 Å². The van der Waals surface area contributed by atoms with Gasteiger partial charge in [0.05, 0.1) is 16.0 Å². The fraction of sp³-hybridized carbons (Fsp3) is 0.0385. The van der Waals surface area contributed by atoms with Gasteiger partial charge in [0.2, 0.25) is 0 Å². The molecule has 5 rings (SSSR count). The number of fused-ring (bicyclic) bond motifs is 1. The summed E-state index contributed by atoms with van der Waals surface area (Å²) in [6.07, 6.45) is -1.61. The van der Waals surface area contributed by atoms with Crippen LogP contribution in [0, 0.1) is 5.82 Å². The Morgan fingerprint density at radius 1 is 0.816 bits per heavy atom. The van der Waals surface area contributed by atoms with Gasteiger partial charge < -0.3 is 5.32 Å². The summed E-state index contributed by atoms with van der Waals surface area (Å²) >= 11 is 0. The Hall–Kier alpha value is -4.42. The van der Waals surface area contributed by atoms with Gasteiger partial charge in [-0.15, -0.1) is 0 Å². The van der Waals surface area contributed by atoms with E-state index in [1.165, 1.54) is 30.6 Å². The highest BCUT2D eigenvalue weighted by Gasteiger charge is 2.30. The molecule has 0 fully saturated rings. The Labute approximate surface area is 214 Å². The van der Waals surface area contributed by atoms with Crippen LogP contribution >= 0.6 is 0 Å². The van der Waals surface area contributed by atoms with Crippen molar-refractivity contribution in [3.63, 3.8) is 0 Å². The van der Waals surface area contributed by atoms with Crippen molar-refractivity contribution in [1.29, 1.82) is 0 Å². The van der Waals surface area contributed by atoms with Gasteiger partial charge in [-0.1, -0.05) is 36.4 Å². The predicted octanol–water partition coefficient (Wildman–Crippen LogP) is 6.53. The molecule has 0 saturated carbocycles. The normalized spacial score (nSPS) is 11.5. The molecule has 0 unspecified atom stereocenters. The highest BCUT2D eigenvalue weighted by molar-refractivity contribution is 7.85. The van der Waals surface area contributed by atoms with Crippen molar-refractivity contribution in [2.75, 3.05) is 5.32 Å². The summed E-state index contributed by atoms with van der Waals surface area (Å²) in [6.45, 7) is 0. The number of hydrogen-bond acceptors (Lipinski definition) is 6. The lowest BCUT2D eigenvalue weighted by Crippen LogP contribution is -2.05. The Balaban J connectivity index is 0.000000283. The van der Waals surface area contributed by atoms with E-state index in [1.807, 2.05) is 12.1 Å². The molecule has 2 N–H and O–H groups in total. The average Bonchev–Trinajstić information content (AvgIpc) is 2.90. The molecule has 3 aromatic carbocycles. The summed E-state index contributed by atoms with van der Waals surface area (Å²) in [5, 5.41) is 3.60. The second-order valence-electron chi connectivity index (χ2n) is 7.78. The lowest BCUT2D eigenvalue weighted by Gasteiger charge is -2.11. The summed E-state index contributed by atoms with van der Waals surface area (Å²) in [4.78, 5) is 12.0. The quantitative estimate of drug-likeness (QED) is 0.197. The number of aromatic nitrogens is 3. The van der Waals surface area contributed by atoms with Crippen LogP contribution in [0.4, 0.5) is 29.1 Å². The maximum Gasteiger partial charge on any atom is 0.416 e. The molecule has 38 heavy (non-hydrogen) atoms. The number of benzene rings is 3. The molecule has 7 nitrogen and oxygen atoms in total. The first-order valence-corrected chi connectivity index (χ1v) is 12.3. The number of alkyl halides is 3. The zero-order valence-corrected chi connectivity index (χ0v) is 20.1. The van der Waals surface area contributed by atoms with Crippen LogP contribution in [0.15, 0.2) is 102 Å². The molecule has 0 saturated heterocycles. The van der Waals surface area contributed by atoms with Crippen LogP contribution in [0.1, 0.15) is 5.56 Å². The largest absolute Gasteiger partial charge is 0.416 e. The molecular formula is C26H18F4N4O3S. The molecule has 0 amide bonds. The van der Waals surface area contributed by atoms with Crippen LogP contribution in [0.2, 0.25) is 0 Å². The van der Waals surface area contributed by atoms with E-state index in [4.69, 9.17) is 4.55 Å². The maximum atomic E-state index is 14.9. The van der Waals surface area contributed by atoms with Crippen molar-refractivity contribution in [3.8, 4) is 11.3 Å². The van der Waals surface area contributed by atoms with Crippen LogP contribution in [-0.4, -0.2) is 27.9 Å². The smallest absolute Gasteiger partial charge is 0.338 e. The monoisotopic (exact) mass is 542 g/mol. The van der Waals surface area contributed by atoms with Gasteiger partial charge in [-0.25, -0.2) is 14.4 Å². The first kappa shape index (κ1) is 26.6. The Morgan fingerprint density at radius 2 is 1.53 bits per heavy atom. The highest BCUT2D eigenvalue weighted by Crippen LogP contribution is 2.31. The molecule has 0 aliphatic rings. The molecule has 2 aromatic heterocycles. The Morgan fingerprint density at radius 3 is 2.16 bits per heavy atom. The number of rotatable bonds is 4. The molecule has 0 aliphatic carbocycles.